The molecule has 1 aliphatic carbocycles. The SMILES string of the molecule is Nc1cccc2c1Cc1ccccc1C2. The van der Waals surface area contributed by atoms with E-state index in [2.05, 4.69) is 30.3 Å². The normalized spacial score (nSPS) is 13.1. The van der Waals surface area contributed by atoms with Crippen LogP contribution < -0.4 is 5.73 Å². The lowest BCUT2D eigenvalue weighted by atomic mass is 9.85. The fourth-order valence-corrected chi connectivity index (χ4v) is 2.33. The maximum absolute atomic E-state index is 6.00. The van der Waals surface area contributed by atoms with E-state index in [0.29, 0.717) is 0 Å². The lowest BCUT2D eigenvalue weighted by molar-refractivity contribution is 1.00. The van der Waals surface area contributed by atoms with Gasteiger partial charge in [0.25, 0.3) is 0 Å². The van der Waals surface area contributed by atoms with Gasteiger partial charge in [-0.25, -0.2) is 0 Å². The van der Waals surface area contributed by atoms with Gasteiger partial charge in [-0.1, -0.05) is 36.4 Å². The Morgan fingerprint density at radius 2 is 1.40 bits per heavy atom. The molecule has 15 heavy (non-hydrogen) atoms. The van der Waals surface area contributed by atoms with Crippen LogP contribution in [0.1, 0.15) is 22.3 Å². The lowest BCUT2D eigenvalue weighted by Crippen LogP contribution is -2.09. The van der Waals surface area contributed by atoms with Crippen molar-refractivity contribution in [3.05, 3.63) is 64.7 Å². The molecule has 0 heterocycles. The highest BCUT2D eigenvalue weighted by Gasteiger charge is 2.15. The fraction of sp³-hybridized carbons (Fsp3) is 0.143. The van der Waals surface area contributed by atoms with Crippen molar-refractivity contribution in [1.29, 1.82) is 0 Å². The molecular formula is C14H13N. The van der Waals surface area contributed by atoms with Gasteiger partial charge in [0.15, 0.2) is 0 Å². The van der Waals surface area contributed by atoms with E-state index in [-0.39, 0.29) is 0 Å². The summed E-state index contributed by atoms with van der Waals surface area (Å²) in [6.45, 7) is 0. The summed E-state index contributed by atoms with van der Waals surface area (Å²) in [6.07, 6.45) is 2.01. The Morgan fingerprint density at radius 1 is 0.733 bits per heavy atom. The highest BCUT2D eigenvalue weighted by molar-refractivity contribution is 5.57. The number of anilines is 1. The lowest BCUT2D eigenvalue weighted by Gasteiger charge is -2.20. The van der Waals surface area contributed by atoms with E-state index in [1.165, 1.54) is 22.3 Å². The maximum atomic E-state index is 6.00. The van der Waals surface area contributed by atoms with Crippen LogP contribution >= 0.6 is 0 Å². The second kappa shape index (κ2) is 3.13. The Morgan fingerprint density at radius 3 is 2.20 bits per heavy atom. The van der Waals surface area contributed by atoms with E-state index >= 15 is 0 Å². The monoisotopic (exact) mass is 195 g/mol. The highest BCUT2D eigenvalue weighted by atomic mass is 14.6. The van der Waals surface area contributed by atoms with Crippen molar-refractivity contribution >= 4 is 5.69 Å². The minimum absolute atomic E-state index is 0.932. The van der Waals surface area contributed by atoms with Crippen LogP contribution in [0.4, 0.5) is 5.69 Å². The molecule has 0 unspecified atom stereocenters. The van der Waals surface area contributed by atoms with Crippen molar-refractivity contribution < 1.29 is 0 Å². The molecule has 0 aliphatic heterocycles. The molecule has 2 aromatic carbocycles. The third-order valence-corrected chi connectivity index (χ3v) is 3.18. The molecule has 0 aromatic heterocycles. The van der Waals surface area contributed by atoms with Gasteiger partial charge in [-0.15, -0.1) is 0 Å². The van der Waals surface area contributed by atoms with Gasteiger partial charge in [-0.3, -0.25) is 0 Å². The molecule has 0 saturated carbocycles. The summed E-state index contributed by atoms with van der Waals surface area (Å²) >= 11 is 0. The quantitative estimate of drug-likeness (QED) is 0.548. The minimum atomic E-state index is 0.932. The molecule has 0 atom stereocenters. The summed E-state index contributed by atoms with van der Waals surface area (Å²) < 4.78 is 0. The molecule has 2 aromatic rings. The highest BCUT2D eigenvalue weighted by Crippen LogP contribution is 2.29. The number of benzene rings is 2. The summed E-state index contributed by atoms with van der Waals surface area (Å²) in [5.41, 5.74) is 12.5. The molecule has 3 rings (SSSR count). The molecular weight excluding hydrogens is 182 g/mol. The first kappa shape index (κ1) is 8.54. The van der Waals surface area contributed by atoms with Gasteiger partial charge >= 0.3 is 0 Å². The second-order valence-electron chi connectivity index (χ2n) is 4.11. The molecule has 74 valence electrons. The number of rotatable bonds is 0. The van der Waals surface area contributed by atoms with Gasteiger partial charge in [0.2, 0.25) is 0 Å². The summed E-state index contributed by atoms with van der Waals surface area (Å²) in [6, 6.07) is 14.8. The first-order chi connectivity index (χ1) is 7.34. The Bertz CT molecular complexity index is 514. The van der Waals surface area contributed by atoms with Gasteiger partial charge in [0.1, 0.15) is 0 Å². The number of fused-ring (bicyclic) bond motifs is 2. The maximum Gasteiger partial charge on any atom is 0.0352 e. The summed E-state index contributed by atoms with van der Waals surface area (Å²) in [4.78, 5) is 0. The van der Waals surface area contributed by atoms with E-state index in [9.17, 15) is 0 Å². The van der Waals surface area contributed by atoms with Crippen LogP contribution in [0, 0.1) is 0 Å². The largest absolute Gasteiger partial charge is 0.398 e. The number of nitrogen functional groups attached to an aromatic ring is 1. The van der Waals surface area contributed by atoms with Crippen molar-refractivity contribution in [3.8, 4) is 0 Å². The molecule has 2 N–H and O–H groups in total. The zero-order valence-electron chi connectivity index (χ0n) is 8.53. The molecule has 0 saturated heterocycles. The minimum Gasteiger partial charge on any atom is -0.398 e. The third-order valence-electron chi connectivity index (χ3n) is 3.18. The topological polar surface area (TPSA) is 26.0 Å². The summed E-state index contributed by atoms with van der Waals surface area (Å²) in [5.74, 6) is 0. The fourth-order valence-electron chi connectivity index (χ4n) is 2.33. The average Bonchev–Trinajstić information content (AvgIpc) is 2.27. The van der Waals surface area contributed by atoms with Gasteiger partial charge < -0.3 is 5.73 Å². The first-order valence-electron chi connectivity index (χ1n) is 5.27. The molecule has 1 nitrogen and oxygen atoms in total. The number of hydrogen-bond donors (Lipinski definition) is 1. The van der Waals surface area contributed by atoms with Crippen LogP contribution in [0.3, 0.4) is 0 Å². The van der Waals surface area contributed by atoms with Crippen molar-refractivity contribution in [2.45, 2.75) is 12.8 Å². The van der Waals surface area contributed by atoms with E-state index in [4.69, 9.17) is 5.73 Å². The molecule has 0 amide bonds. The van der Waals surface area contributed by atoms with Crippen LogP contribution in [0.2, 0.25) is 0 Å². The van der Waals surface area contributed by atoms with Gasteiger partial charge in [-0.05, 0) is 34.7 Å². The van der Waals surface area contributed by atoms with Crippen molar-refractivity contribution in [2.75, 3.05) is 5.73 Å². The molecule has 0 fully saturated rings. The summed E-state index contributed by atoms with van der Waals surface area (Å²) in [7, 11) is 0. The van der Waals surface area contributed by atoms with E-state index in [1.807, 2.05) is 12.1 Å². The van der Waals surface area contributed by atoms with Crippen molar-refractivity contribution in [2.24, 2.45) is 0 Å². The average molecular weight is 195 g/mol. The molecule has 1 aliphatic rings. The van der Waals surface area contributed by atoms with Crippen molar-refractivity contribution in [1.82, 2.24) is 0 Å². The predicted octanol–water partition coefficient (Wildman–Crippen LogP) is 2.76. The van der Waals surface area contributed by atoms with Gasteiger partial charge in [0, 0.05) is 12.1 Å². The molecule has 0 radical (unpaired) electrons. The van der Waals surface area contributed by atoms with Crippen molar-refractivity contribution in [3.63, 3.8) is 0 Å². The van der Waals surface area contributed by atoms with E-state index in [0.717, 1.165) is 18.5 Å². The van der Waals surface area contributed by atoms with Crippen LogP contribution in [0.5, 0.6) is 0 Å². The Labute approximate surface area is 89.6 Å². The Hall–Kier alpha value is -1.76. The van der Waals surface area contributed by atoms with Gasteiger partial charge in [0.05, 0.1) is 0 Å². The first-order valence-corrected chi connectivity index (χ1v) is 5.27. The number of nitrogens with two attached hydrogens (primary N) is 1. The van der Waals surface area contributed by atoms with Crippen LogP contribution in [-0.2, 0) is 12.8 Å². The third kappa shape index (κ3) is 1.32. The molecule has 0 spiro atoms. The predicted molar refractivity (Wildman–Crippen MR) is 62.9 cm³/mol. The molecule has 1 heteroatoms. The smallest absolute Gasteiger partial charge is 0.0352 e. The van der Waals surface area contributed by atoms with E-state index in [1.54, 1.807) is 0 Å². The van der Waals surface area contributed by atoms with Gasteiger partial charge in [-0.2, -0.15) is 0 Å². The zero-order chi connectivity index (χ0) is 10.3. The Kier molecular flexibility index (Phi) is 1.78. The standard InChI is InChI=1S/C14H13N/c15-14-7-3-6-12-8-10-4-1-2-5-11(10)9-13(12)14/h1-7H,8-9,15H2. The zero-order valence-corrected chi connectivity index (χ0v) is 8.53. The second-order valence-corrected chi connectivity index (χ2v) is 4.11. The molecule has 0 bridgehead atoms. The summed E-state index contributed by atoms with van der Waals surface area (Å²) in [5, 5.41) is 0. The van der Waals surface area contributed by atoms with Crippen LogP contribution in [0.25, 0.3) is 0 Å². The Balaban J connectivity index is 2.15. The van der Waals surface area contributed by atoms with E-state index < -0.39 is 0 Å². The van der Waals surface area contributed by atoms with Crippen LogP contribution in [0.15, 0.2) is 42.5 Å². The number of hydrogen-bond acceptors (Lipinski definition) is 1. The van der Waals surface area contributed by atoms with Crippen LogP contribution in [-0.4, -0.2) is 0 Å².